The lowest BCUT2D eigenvalue weighted by molar-refractivity contribution is -0.214. The highest BCUT2D eigenvalue weighted by molar-refractivity contribution is 5.14. The Kier molecular flexibility index (Phi) is 1.86. The molecule has 4 saturated carbocycles. The molecule has 1 heteroatoms. The lowest BCUT2D eigenvalue weighted by Gasteiger charge is -2.68. The maximum Gasteiger partial charge on any atom is 0.0648 e. The van der Waals surface area contributed by atoms with Gasteiger partial charge in [-0.1, -0.05) is 13.8 Å². The highest BCUT2D eigenvalue weighted by Gasteiger charge is 2.63. The van der Waals surface area contributed by atoms with Gasteiger partial charge in [0.2, 0.25) is 0 Å². The van der Waals surface area contributed by atoms with E-state index in [1.54, 1.807) is 0 Å². The number of hydrogen-bond acceptors (Lipinski definition) is 1. The summed E-state index contributed by atoms with van der Waals surface area (Å²) >= 11 is 0. The smallest absolute Gasteiger partial charge is 0.0648 e. The Labute approximate surface area is 99.6 Å². The van der Waals surface area contributed by atoms with Gasteiger partial charge in [-0.3, -0.25) is 0 Å². The minimum Gasteiger partial charge on any atom is -0.390 e. The first-order valence-corrected chi connectivity index (χ1v) is 6.88. The monoisotopic (exact) mass is 222 g/mol. The average Bonchev–Trinajstić information content (AvgIpc) is 1.92. The fourth-order valence-corrected chi connectivity index (χ4v) is 6.13. The molecule has 0 amide bonds. The van der Waals surface area contributed by atoms with Crippen LogP contribution in [-0.4, -0.2) is 10.7 Å². The van der Waals surface area contributed by atoms with E-state index in [4.69, 9.17) is 0 Å². The summed E-state index contributed by atoms with van der Waals surface area (Å²) in [6, 6.07) is 0. The topological polar surface area (TPSA) is 20.2 Å². The number of hydrogen-bond donors (Lipinski definition) is 1. The van der Waals surface area contributed by atoms with Crippen molar-refractivity contribution in [3.63, 3.8) is 0 Å². The normalized spacial score (nSPS) is 55.7. The lowest BCUT2D eigenvalue weighted by Crippen LogP contribution is -2.61. The molecule has 1 nitrogen and oxygen atoms in total. The van der Waals surface area contributed by atoms with E-state index in [1.807, 2.05) is 13.8 Å². The van der Waals surface area contributed by atoms with Gasteiger partial charge in [-0.05, 0) is 74.5 Å². The fraction of sp³-hybridized carbons (Fsp3) is 1.00. The largest absolute Gasteiger partial charge is 0.390 e. The average molecular weight is 222 g/mol. The Bertz CT molecular complexity index is 307. The van der Waals surface area contributed by atoms with Crippen molar-refractivity contribution < 1.29 is 5.11 Å². The van der Waals surface area contributed by atoms with E-state index in [0.717, 1.165) is 5.92 Å². The summed E-state index contributed by atoms with van der Waals surface area (Å²) in [6.45, 7) is 9.03. The zero-order valence-corrected chi connectivity index (χ0v) is 11.3. The zero-order chi connectivity index (χ0) is 11.8. The van der Waals surface area contributed by atoms with Gasteiger partial charge in [0.15, 0.2) is 0 Å². The summed E-state index contributed by atoms with van der Waals surface area (Å²) in [5, 5.41) is 10.6. The van der Waals surface area contributed by atoms with Crippen LogP contribution in [0.15, 0.2) is 0 Å². The summed E-state index contributed by atoms with van der Waals surface area (Å²) in [5.74, 6) is 0.887. The van der Waals surface area contributed by atoms with Crippen molar-refractivity contribution in [2.45, 2.75) is 71.8 Å². The Morgan fingerprint density at radius 2 is 1.44 bits per heavy atom. The van der Waals surface area contributed by atoms with Gasteiger partial charge in [-0.25, -0.2) is 0 Å². The van der Waals surface area contributed by atoms with Crippen molar-refractivity contribution in [3.8, 4) is 0 Å². The minimum absolute atomic E-state index is 0.218. The van der Waals surface area contributed by atoms with Crippen LogP contribution in [-0.2, 0) is 0 Å². The summed E-state index contributed by atoms with van der Waals surface area (Å²) in [7, 11) is 0. The summed E-state index contributed by atoms with van der Waals surface area (Å²) in [6.07, 6.45) is 8.03. The molecule has 0 aliphatic heterocycles. The molecule has 1 N–H and O–H groups in total. The molecule has 2 atom stereocenters. The molecule has 92 valence electrons. The first kappa shape index (κ1) is 11.1. The maximum atomic E-state index is 10.6. The predicted octanol–water partition coefficient (Wildman–Crippen LogP) is 3.75. The number of rotatable bonds is 1. The van der Waals surface area contributed by atoms with Crippen LogP contribution in [0.3, 0.4) is 0 Å². The van der Waals surface area contributed by atoms with Gasteiger partial charge in [-0.15, -0.1) is 0 Å². The molecule has 4 fully saturated rings. The molecular formula is C15H26O. The highest BCUT2D eigenvalue weighted by atomic mass is 16.3. The van der Waals surface area contributed by atoms with E-state index in [9.17, 15) is 5.11 Å². The highest BCUT2D eigenvalue weighted by Crippen LogP contribution is 2.71. The van der Waals surface area contributed by atoms with Gasteiger partial charge in [0, 0.05) is 0 Å². The Morgan fingerprint density at radius 1 is 0.938 bits per heavy atom. The number of aliphatic hydroxyl groups is 1. The molecule has 0 spiro atoms. The van der Waals surface area contributed by atoms with E-state index < -0.39 is 5.60 Å². The molecule has 0 aromatic carbocycles. The van der Waals surface area contributed by atoms with Crippen molar-refractivity contribution in [1.82, 2.24) is 0 Å². The van der Waals surface area contributed by atoms with Crippen molar-refractivity contribution in [1.29, 1.82) is 0 Å². The molecule has 4 aliphatic carbocycles. The standard InChI is InChI=1S/C15H26O/c1-12(2,16)15-7-11-5-13(3,9-15)8-14(4,6-11)10-15/h11,16H,5-10H2,1-4H3. The summed E-state index contributed by atoms with van der Waals surface area (Å²) in [4.78, 5) is 0. The molecular weight excluding hydrogens is 196 g/mol. The Hall–Kier alpha value is -0.0400. The second kappa shape index (κ2) is 2.68. The molecule has 0 aromatic heterocycles. The van der Waals surface area contributed by atoms with Crippen molar-refractivity contribution in [2.24, 2.45) is 22.2 Å². The molecule has 0 radical (unpaired) electrons. The van der Waals surface area contributed by atoms with Crippen LogP contribution >= 0.6 is 0 Å². The van der Waals surface area contributed by atoms with Crippen molar-refractivity contribution >= 4 is 0 Å². The van der Waals surface area contributed by atoms with E-state index in [1.165, 1.54) is 38.5 Å². The lowest BCUT2D eigenvalue weighted by atomic mass is 9.38. The molecule has 16 heavy (non-hydrogen) atoms. The van der Waals surface area contributed by atoms with Crippen molar-refractivity contribution in [3.05, 3.63) is 0 Å². The third kappa shape index (κ3) is 1.33. The Balaban J connectivity index is 2.05. The van der Waals surface area contributed by atoms with Gasteiger partial charge in [-0.2, -0.15) is 0 Å². The fourth-order valence-electron chi connectivity index (χ4n) is 6.13. The molecule has 4 aliphatic rings. The van der Waals surface area contributed by atoms with Crippen molar-refractivity contribution in [2.75, 3.05) is 0 Å². The van der Waals surface area contributed by atoms with E-state index >= 15 is 0 Å². The van der Waals surface area contributed by atoms with E-state index in [-0.39, 0.29) is 5.41 Å². The summed E-state index contributed by atoms with van der Waals surface area (Å²) in [5.41, 5.74) is 0.771. The first-order chi connectivity index (χ1) is 7.16. The van der Waals surface area contributed by atoms with Crippen LogP contribution in [0.2, 0.25) is 0 Å². The second-order valence-corrected chi connectivity index (χ2v) is 8.47. The zero-order valence-electron chi connectivity index (χ0n) is 11.3. The van der Waals surface area contributed by atoms with Crippen LogP contribution in [0.5, 0.6) is 0 Å². The maximum absolute atomic E-state index is 10.6. The van der Waals surface area contributed by atoms with Gasteiger partial charge in [0.05, 0.1) is 5.60 Å². The van der Waals surface area contributed by atoms with Crippen LogP contribution in [0.25, 0.3) is 0 Å². The SMILES string of the molecule is CC12CC3CC(C)(C1)CC(C(C)(C)O)(C3)C2. The molecule has 4 rings (SSSR count). The van der Waals surface area contributed by atoms with Crippen LogP contribution in [0, 0.1) is 22.2 Å². The van der Waals surface area contributed by atoms with Crippen LogP contribution < -0.4 is 0 Å². The predicted molar refractivity (Wildman–Crippen MR) is 66.1 cm³/mol. The minimum atomic E-state index is -0.491. The second-order valence-electron chi connectivity index (χ2n) is 8.47. The van der Waals surface area contributed by atoms with E-state index in [0.29, 0.717) is 10.8 Å². The van der Waals surface area contributed by atoms with Gasteiger partial charge in [0.1, 0.15) is 0 Å². The molecule has 4 bridgehead atoms. The third-order valence-corrected chi connectivity index (χ3v) is 5.92. The van der Waals surface area contributed by atoms with Crippen LogP contribution in [0.1, 0.15) is 66.2 Å². The van der Waals surface area contributed by atoms with E-state index in [2.05, 4.69) is 13.8 Å². The van der Waals surface area contributed by atoms with Gasteiger partial charge < -0.3 is 5.11 Å². The van der Waals surface area contributed by atoms with Crippen LogP contribution in [0.4, 0.5) is 0 Å². The third-order valence-electron chi connectivity index (χ3n) is 5.92. The molecule has 0 saturated heterocycles. The first-order valence-electron chi connectivity index (χ1n) is 6.88. The molecule has 0 heterocycles. The Morgan fingerprint density at radius 3 is 1.81 bits per heavy atom. The van der Waals surface area contributed by atoms with Gasteiger partial charge in [0.25, 0.3) is 0 Å². The van der Waals surface area contributed by atoms with Gasteiger partial charge >= 0.3 is 0 Å². The molecule has 2 unspecified atom stereocenters. The molecule has 0 aromatic rings. The summed E-state index contributed by atoms with van der Waals surface area (Å²) < 4.78 is 0. The quantitative estimate of drug-likeness (QED) is 0.716.